The van der Waals surface area contributed by atoms with E-state index >= 15 is 0 Å². The first-order valence-corrected chi connectivity index (χ1v) is 9.45. The molecule has 0 saturated carbocycles. The van der Waals surface area contributed by atoms with Crippen LogP contribution in [0, 0.1) is 0 Å². The number of ether oxygens (including phenoxy) is 2. The minimum Gasteiger partial charge on any atom is -0.497 e. The molecule has 0 atom stereocenters. The third-order valence-corrected chi connectivity index (χ3v) is 4.83. The Morgan fingerprint density at radius 2 is 1.74 bits per heavy atom. The molecule has 1 N–H and O–H groups in total. The summed E-state index contributed by atoms with van der Waals surface area (Å²) in [6.07, 6.45) is 1.59. The van der Waals surface area contributed by atoms with Crippen LogP contribution in [0.3, 0.4) is 0 Å². The zero-order valence-electron chi connectivity index (χ0n) is 14.6. The lowest BCUT2D eigenvalue weighted by Crippen LogP contribution is -2.20. The van der Waals surface area contributed by atoms with Gasteiger partial charge in [-0.1, -0.05) is 35.1 Å². The quantitative estimate of drug-likeness (QED) is 0.615. The maximum atomic E-state index is 12.0. The van der Waals surface area contributed by atoms with Gasteiger partial charge in [0.1, 0.15) is 16.5 Å². The molecule has 0 unspecified atom stereocenters. The molecule has 0 aliphatic carbocycles. The molecular formula is C19H18ClN3O3S. The highest BCUT2D eigenvalue weighted by Gasteiger charge is 2.09. The van der Waals surface area contributed by atoms with Crippen LogP contribution in [-0.4, -0.2) is 29.8 Å². The number of carbonyl (C=O) groups is 1. The zero-order chi connectivity index (χ0) is 19.1. The summed E-state index contributed by atoms with van der Waals surface area (Å²) in [5, 5.41) is 12.8. The number of benzene rings is 2. The molecule has 0 saturated heterocycles. The van der Waals surface area contributed by atoms with Crippen LogP contribution in [0.5, 0.6) is 11.5 Å². The zero-order valence-corrected chi connectivity index (χ0v) is 16.2. The summed E-state index contributed by atoms with van der Waals surface area (Å²) >= 11 is 7.17. The Balaban J connectivity index is 1.45. The molecule has 1 amide bonds. The van der Waals surface area contributed by atoms with Gasteiger partial charge in [0, 0.05) is 11.4 Å². The highest BCUT2D eigenvalue weighted by molar-refractivity contribution is 7.15. The largest absolute Gasteiger partial charge is 0.497 e. The van der Waals surface area contributed by atoms with Crippen molar-refractivity contribution in [3.8, 4) is 11.5 Å². The molecule has 0 radical (unpaired) electrons. The molecule has 6 nitrogen and oxygen atoms in total. The molecule has 0 aliphatic heterocycles. The van der Waals surface area contributed by atoms with E-state index in [9.17, 15) is 4.79 Å². The summed E-state index contributed by atoms with van der Waals surface area (Å²) in [4.78, 5) is 12.0. The van der Waals surface area contributed by atoms with E-state index in [1.165, 1.54) is 16.9 Å². The molecule has 3 rings (SSSR count). The van der Waals surface area contributed by atoms with Gasteiger partial charge in [-0.2, -0.15) is 0 Å². The summed E-state index contributed by atoms with van der Waals surface area (Å²) in [7, 11) is 1.65. The van der Waals surface area contributed by atoms with Crippen molar-refractivity contribution >= 4 is 34.0 Å². The molecule has 2 aromatic carbocycles. The number of amides is 1. The van der Waals surface area contributed by atoms with Crippen molar-refractivity contribution in [2.24, 2.45) is 0 Å². The molecule has 140 valence electrons. The number of aromatic nitrogens is 2. The van der Waals surface area contributed by atoms with Gasteiger partial charge in [-0.25, -0.2) is 0 Å². The molecule has 27 heavy (non-hydrogen) atoms. The van der Waals surface area contributed by atoms with Gasteiger partial charge in [0.15, 0.2) is 6.61 Å². The maximum absolute atomic E-state index is 12.0. The van der Waals surface area contributed by atoms with Crippen LogP contribution >= 0.6 is 22.9 Å². The minimum absolute atomic E-state index is 0.109. The van der Waals surface area contributed by atoms with Gasteiger partial charge in [-0.15, -0.1) is 10.2 Å². The second kappa shape index (κ2) is 9.34. The summed E-state index contributed by atoms with van der Waals surface area (Å²) in [6.45, 7) is -0.109. The van der Waals surface area contributed by atoms with Crippen molar-refractivity contribution < 1.29 is 14.3 Å². The van der Waals surface area contributed by atoms with Crippen LogP contribution in [0.2, 0.25) is 5.02 Å². The van der Waals surface area contributed by atoms with Gasteiger partial charge in [-0.05, 0) is 48.4 Å². The van der Waals surface area contributed by atoms with Crippen molar-refractivity contribution in [2.75, 3.05) is 19.0 Å². The second-order valence-corrected chi connectivity index (χ2v) is 7.14. The first kappa shape index (κ1) is 19.1. The van der Waals surface area contributed by atoms with Crippen molar-refractivity contribution in [1.82, 2.24) is 10.2 Å². The molecule has 0 spiro atoms. The Labute approximate surface area is 166 Å². The maximum Gasteiger partial charge on any atom is 0.264 e. The molecular weight excluding hydrogens is 386 g/mol. The van der Waals surface area contributed by atoms with E-state index in [0.29, 0.717) is 15.9 Å². The fraction of sp³-hybridized carbons (Fsp3) is 0.211. The molecule has 1 aromatic heterocycles. The summed E-state index contributed by atoms with van der Waals surface area (Å²) in [5.74, 6) is 1.12. The van der Waals surface area contributed by atoms with Crippen LogP contribution in [0.15, 0.2) is 48.5 Å². The molecule has 0 aliphatic rings. The van der Waals surface area contributed by atoms with Crippen molar-refractivity contribution in [2.45, 2.75) is 12.8 Å². The van der Waals surface area contributed by atoms with Gasteiger partial charge in [0.2, 0.25) is 5.13 Å². The topological polar surface area (TPSA) is 73.3 Å². The third kappa shape index (κ3) is 5.94. The fourth-order valence-electron chi connectivity index (χ4n) is 2.28. The number of hydrogen-bond acceptors (Lipinski definition) is 6. The van der Waals surface area contributed by atoms with E-state index in [2.05, 4.69) is 15.5 Å². The molecule has 0 fully saturated rings. The summed E-state index contributed by atoms with van der Waals surface area (Å²) in [5.41, 5.74) is 1.19. The van der Waals surface area contributed by atoms with Crippen LogP contribution in [0.25, 0.3) is 0 Å². The highest BCUT2D eigenvalue weighted by Crippen LogP contribution is 2.19. The summed E-state index contributed by atoms with van der Waals surface area (Å²) in [6, 6.07) is 14.7. The van der Waals surface area contributed by atoms with E-state index in [1.807, 2.05) is 24.3 Å². The predicted molar refractivity (Wildman–Crippen MR) is 106 cm³/mol. The van der Waals surface area contributed by atoms with Gasteiger partial charge in [0.25, 0.3) is 5.91 Å². The molecule has 3 aromatic rings. The normalized spacial score (nSPS) is 10.4. The fourth-order valence-corrected chi connectivity index (χ4v) is 3.17. The Bertz CT molecular complexity index is 882. The molecule has 1 heterocycles. The number of nitrogens with zero attached hydrogens (tertiary/aromatic N) is 2. The Hall–Kier alpha value is -2.64. The molecule has 8 heteroatoms. The first-order valence-electron chi connectivity index (χ1n) is 8.26. The lowest BCUT2D eigenvalue weighted by molar-refractivity contribution is -0.118. The SMILES string of the molecule is COc1ccc(CCc2nnc(NC(=O)COc3ccc(Cl)cc3)s2)cc1. The van der Waals surface area contributed by atoms with Crippen molar-refractivity contribution in [3.63, 3.8) is 0 Å². The number of anilines is 1. The Morgan fingerprint density at radius 1 is 1.04 bits per heavy atom. The third-order valence-electron chi connectivity index (χ3n) is 3.68. The van der Waals surface area contributed by atoms with Gasteiger partial charge in [0.05, 0.1) is 7.11 Å². The van der Waals surface area contributed by atoms with E-state index < -0.39 is 0 Å². The average molecular weight is 404 g/mol. The van der Waals surface area contributed by atoms with Crippen LogP contribution in [0.1, 0.15) is 10.6 Å². The van der Waals surface area contributed by atoms with Crippen LogP contribution < -0.4 is 14.8 Å². The van der Waals surface area contributed by atoms with E-state index in [-0.39, 0.29) is 12.5 Å². The monoisotopic (exact) mass is 403 g/mol. The standard InChI is InChI=1S/C19H18ClN3O3S/c1-25-15-7-2-13(3-8-15)4-11-18-22-23-19(27-18)21-17(24)12-26-16-9-5-14(20)6-10-16/h2-3,5-10H,4,11-12H2,1H3,(H,21,23,24). The Kier molecular flexibility index (Phi) is 6.62. The van der Waals surface area contributed by atoms with Crippen molar-refractivity contribution in [1.29, 1.82) is 0 Å². The number of hydrogen-bond donors (Lipinski definition) is 1. The van der Waals surface area contributed by atoms with Gasteiger partial charge in [-0.3, -0.25) is 10.1 Å². The van der Waals surface area contributed by atoms with E-state index in [0.717, 1.165) is 23.6 Å². The van der Waals surface area contributed by atoms with Crippen molar-refractivity contribution in [3.05, 3.63) is 64.1 Å². The number of rotatable bonds is 8. The first-order chi connectivity index (χ1) is 13.1. The Morgan fingerprint density at radius 3 is 2.44 bits per heavy atom. The van der Waals surface area contributed by atoms with Gasteiger partial charge >= 0.3 is 0 Å². The van der Waals surface area contributed by atoms with E-state index in [1.54, 1.807) is 31.4 Å². The second-order valence-electron chi connectivity index (χ2n) is 5.64. The minimum atomic E-state index is -0.289. The number of nitrogens with one attached hydrogen (secondary N) is 1. The lowest BCUT2D eigenvalue weighted by Gasteiger charge is -2.05. The summed E-state index contributed by atoms with van der Waals surface area (Å²) < 4.78 is 10.6. The highest BCUT2D eigenvalue weighted by atomic mass is 35.5. The predicted octanol–water partition coefficient (Wildman–Crippen LogP) is 4.00. The van der Waals surface area contributed by atoms with E-state index in [4.69, 9.17) is 21.1 Å². The average Bonchev–Trinajstić information content (AvgIpc) is 3.13. The smallest absolute Gasteiger partial charge is 0.264 e. The molecule has 0 bridgehead atoms. The number of carbonyl (C=O) groups excluding carboxylic acids is 1. The number of halogens is 1. The lowest BCUT2D eigenvalue weighted by atomic mass is 10.1. The number of methoxy groups -OCH3 is 1. The van der Waals surface area contributed by atoms with Gasteiger partial charge < -0.3 is 9.47 Å². The number of aryl methyl sites for hydroxylation is 2. The van der Waals surface area contributed by atoms with Crippen LogP contribution in [-0.2, 0) is 17.6 Å². The van der Waals surface area contributed by atoms with Crippen LogP contribution in [0.4, 0.5) is 5.13 Å².